The Balaban J connectivity index is 4.12. The Bertz CT molecular complexity index is 362. The van der Waals surface area contributed by atoms with Crippen LogP contribution in [0, 0.1) is 15.2 Å². The number of carboxylic acid groups (broad SMARTS) is 1. The van der Waals surface area contributed by atoms with Gasteiger partial charge in [0, 0.05) is 50.0 Å². The van der Waals surface area contributed by atoms with Gasteiger partial charge >= 0.3 is 5.97 Å². The average Bonchev–Trinajstić information content (AvgIpc) is 2.44. The molecule has 0 fully saturated rings. The number of hydrogen-bond donors (Lipinski definition) is 1. The minimum absolute atomic E-state index is 0.0584. The van der Waals surface area contributed by atoms with Crippen LogP contribution in [-0.4, -0.2) is 21.6 Å². The number of nitrogens with zero attached hydrogens (tertiary/aromatic N) is 2. The zero-order chi connectivity index (χ0) is 17.7. The van der Waals surface area contributed by atoms with E-state index in [9.17, 15) is 14.6 Å². The molecular weight excluding hydrogens is 336 g/mol. The van der Waals surface area contributed by atoms with Gasteiger partial charge < -0.3 is 5.11 Å². The van der Waals surface area contributed by atoms with Gasteiger partial charge in [-0.25, -0.2) is 0 Å². The monoisotopic (exact) mass is 364 g/mol. The number of carbonyl (C=O) groups is 1. The van der Waals surface area contributed by atoms with Gasteiger partial charge in [-0.3, -0.25) is 4.79 Å². The lowest BCUT2D eigenvalue weighted by atomic mass is 9.88. The average molecular weight is 365 g/mol. The number of unbranched alkanes of at least 4 members (excludes halogenated alkanes) is 4. The van der Waals surface area contributed by atoms with Crippen molar-refractivity contribution in [2.45, 2.75) is 82.6 Å². The molecule has 0 rings (SSSR count). The summed E-state index contributed by atoms with van der Waals surface area (Å²) >= 11 is 2.10. The van der Waals surface area contributed by atoms with Gasteiger partial charge in [0.05, 0.1) is 0 Å². The maximum absolute atomic E-state index is 10.6. The molecule has 1 N–H and O–H groups in total. The fourth-order valence-corrected chi connectivity index (χ4v) is 3.83. The second kappa shape index (κ2) is 12.8. The number of hydrogen-bond acceptors (Lipinski definition) is 7. The summed E-state index contributed by atoms with van der Waals surface area (Å²) in [6.07, 6.45) is 6.49. The van der Waals surface area contributed by atoms with Gasteiger partial charge in [-0.15, -0.1) is 9.81 Å². The summed E-state index contributed by atoms with van der Waals surface area (Å²) in [5.74, 6) is -0.743. The van der Waals surface area contributed by atoms with Crippen molar-refractivity contribution in [3.63, 3.8) is 0 Å². The molecule has 0 saturated heterocycles. The van der Waals surface area contributed by atoms with Crippen LogP contribution in [0.1, 0.15) is 72.1 Å². The van der Waals surface area contributed by atoms with Gasteiger partial charge in [0.2, 0.25) is 0 Å². The molecule has 0 aromatic rings. The molecule has 2 unspecified atom stereocenters. The molecule has 0 bridgehead atoms. The molecule has 23 heavy (non-hydrogen) atoms. The van der Waals surface area contributed by atoms with Crippen LogP contribution < -0.4 is 0 Å². The highest BCUT2D eigenvalue weighted by atomic mass is 32.2. The first kappa shape index (κ1) is 22.4. The summed E-state index contributed by atoms with van der Waals surface area (Å²) in [7, 11) is 0. The lowest BCUT2D eigenvalue weighted by Gasteiger charge is -2.29. The van der Waals surface area contributed by atoms with Crippen molar-refractivity contribution in [2.24, 2.45) is 14.6 Å². The van der Waals surface area contributed by atoms with Gasteiger partial charge in [-0.1, -0.05) is 46.5 Å². The maximum Gasteiger partial charge on any atom is 0.303 e. The standard InChI is InChI=1S/C15H28N2O4S2/c1-15(2,3)13(23-17-21)11-12(22-16-20)9-7-5-4-6-8-10-14(18)19/h12-13H,4-11H2,1-3H3,(H,18,19). The molecule has 0 aromatic heterocycles. The predicted octanol–water partition coefficient (Wildman–Crippen LogP) is 5.80. The molecule has 0 aromatic carbocycles. The minimum atomic E-state index is -0.743. The van der Waals surface area contributed by atoms with Crippen molar-refractivity contribution in [1.29, 1.82) is 0 Å². The Morgan fingerprint density at radius 1 is 1.00 bits per heavy atom. The number of aliphatic carboxylic acids is 1. The van der Waals surface area contributed by atoms with E-state index in [2.05, 4.69) is 29.9 Å². The maximum atomic E-state index is 10.6. The van der Waals surface area contributed by atoms with Gasteiger partial charge in [-0.2, -0.15) is 0 Å². The highest BCUT2D eigenvalue weighted by molar-refractivity contribution is 7.99. The van der Waals surface area contributed by atoms with Crippen LogP contribution in [0.3, 0.4) is 0 Å². The van der Waals surface area contributed by atoms with E-state index in [1.165, 1.54) is 0 Å². The van der Waals surface area contributed by atoms with Gasteiger partial charge in [-0.05, 0) is 24.7 Å². The summed E-state index contributed by atoms with van der Waals surface area (Å²) in [5, 5.41) is 8.73. The molecule has 0 heterocycles. The first-order valence-corrected chi connectivity index (χ1v) is 9.67. The summed E-state index contributed by atoms with van der Waals surface area (Å²) < 4.78 is 5.92. The molecule has 0 aliphatic carbocycles. The van der Waals surface area contributed by atoms with Crippen LogP contribution in [0.15, 0.2) is 9.16 Å². The largest absolute Gasteiger partial charge is 0.481 e. The summed E-state index contributed by atoms with van der Waals surface area (Å²) in [6.45, 7) is 6.19. The molecule has 134 valence electrons. The second-order valence-corrected chi connectivity index (χ2v) is 8.73. The molecule has 0 spiro atoms. The Morgan fingerprint density at radius 3 is 2.09 bits per heavy atom. The van der Waals surface area contributed by atoms with Crippen LogP contribution in [0.2, 0.25) is 0 Å². The van der Waals surface area contributed by atoms with E-state index in [1.54, 1.807) is 0 Å². The van der Waals surface area contributed by atoms with E-state index in [4.69, 9.17) is 5.11 Å². The topological polar surface area (TPSA) is 96.2 Å². The molecule has 0 amide bonds. The van der Waals surface area contributed by atoms with Gasteiger partial charge in [0.1, 0.15) is 0 Å². The quantitative estimate of drug-likeness (QED) is 0.237. The van der Waals surface area contributed by atoms with E-state index in [0.717, 1.165) is 68.8 Å². The summed E-state index contributed by atoms with van der Waals surface area (Å²) in [5.41, 5.74) is -0.0584. The summed E-state index contributed by atoms with van der Waals surface area (Å²) in [4.78, 5) is 31.6. The van der Waals surface area contributed by atoms with E-state index < -0.39 is 5.97 Å². The minimum Gasteiger partial charge on any atom is -0.481 e. The SMILES string of the molecule is CC(C)(C)C(CC(CCCCCCCC(=O)O)SN=O)SN=O. The Labute approximate surface area is 147 Å². The van der Waals surface area contributed by atoms with Crippen molar-refractivity contribution in [3.8, 4) is 0 Å². The zero-order valence-corrected chi connectivity index (χ0v) is 15.8. The van der Waals surface area contributed by atoms with Crippen molar-refractivity contribution < 1.29 is 9.90 Å². The van der Waals surface area contributed by atoms with Gasteiger partial charge in [0.25, 0.3) is 0 Å². The predicted molar refractivity (Wildman–Crippen MR) is 98.4 cm³/mol. The third-order valence-electron chi connectivity index (χ3n) is 3.72. The van der Waals surface area contributed by atoms with E-state index in [1.807, 2.05) is 0 Å². The Morgan fingerprint density at radius 2 is 1.57 bits per heavy atom. The van der Waals surface area contributed by atoms with Crippen molar-refractivity contribution in [1.82, 2.24) is 0 Å². The first-order valence-electron chi connectivity index (χ1n) is 8.00. The molecule has 0 radical (unpaired) electrons. The Kier molecular flexibility index (Phi) is 12.4. The molecule has 2 atom stereocenters. The highest BCUT2D eigenvalue weighted by Gasteiger charge is 2.29. The van der Waals surface area contributed by atoms with E-state index in [-0.39, 0.29) is 22.3 Å². The summed E-state index contributed by atoms with van der Waals surface area (Å²) in [6, 6.07) is 0. The van der Waals surface area contributed by atoms with Crippen LogP contribution >= 0.6 is 23.9 Å². The molecular formula is C15H28N2O4S2. The Hall–Kier alpha value is -0.630. The van der Waals surface area contributed by atoms with E-state index in [0.29, 0.717) is 0 Å². The third kappa shape index (κ3) is 12.5. The lowest BCUT2D eigenvalue weighted by Crippen LogP contribution is -2.26. The van der Waals surface area contributed by atoms with Crippen LogP contribution in [-0.2, 0) is 4.79 Å². The molecule has 6 nitrogen and oxygen atoms in total. The van der Waals surface area contributed by atoms with Crippen molar-refractivity contribution >= 4 is 29.9 Å². The van der Waals surface area contributed by atoms with Crippen LogP contribution in [0.25, 0.3) is 0 Å². The number of rotatable bonds is 14. The van der Waals surface area contributed by atoms with Crippen LogP contribution in [0.5, 0.6) is 0 Å². The normalized spacial score (nSPS) is 14.2. The fraction of sp³-hybridized carbons (Fsp3) is 0.933. The highest BCUT2D eigenvalue weighted by Crippen LogP contribution is 2.37. The van der Waals surface area contributed by atoms with Crippen molar-refractivity contribution in [2.75, 3.05) is 0 Å². The second-order valence-electron chi connectivity index (χ2n) is 6.77. The molecule has 0 aliphatic rings. The fourth-order valence-electron chi connectivity index (χ4n) is 2.30. The smallest absolute Gasteiger partial charge is 0.303 e. The first-order chi connectivity index (χ1) is 10.8. The zero-order valence-electron chi connectivity index (χ0n) is 14.2. The molecule has 0 aliphatic heterocycles. The molecule has 8 heteroatoms. The molecule has 0 saturated carbocycles. The van der Waals surface area contributed by atoms with E-state index >= 15 is 0 Å². The third-order valence-corrected chi connectivity index (χ3v) is 5.77. The number of nitroso groups, excluding NO2 is 2. The lowest BCUT2D eigenvalue weighted by molar-refractivity contribution is -0.137. The van der Waals surface area contributed by atoms with Crippen molar-refractivity contribution in [3.05, 3.63) is 9.81 Å². The van der Waals surface area contributed by atoms with Gasteiger partial charge in [0.15, 0.2) is 0 Å². The van der Waals surface area contributed by atoms with Crippen LogP contribution in [0.4, 0.5) is 0 Å². The number of carboxylic acids is 1.